The molecule has 0 saturated heterocycles. The molecule has 0 N–H and O–H groups in total. The summed E-state index contributed by atoms with van der Waals surface area (Å²) in [6.45, 7) is 2.30. The van der Waals surface area contributed by atoms with Crippen LogP contribution in [0.3, 0.4) is 0 Å². The standard InChI is InChI=1S/C26H43/c1-2-3-4-5-6-7-8-9-10-11-12-13-14-15-16-17-18-20-23-26-24-21-19-22-25-26/h19-21,23-25H,2-18H2,1H3. The monoisotopic (exact) mass is 355 g/mol. The maximum absolute atomic E-state index is 3.12. The summed E-state index contributed by atoms with van der Waals surface area (Å²) in [6, 6.07) is 11.3. The molecule has 1 aromatic rings. The first-order valence-electron chi connectivity index (χ1n) is 11.6. The Labute approximate surface area is 164 Å². The van der Waals surface area contributed by atoms with Gasteiger partial charge in [0.2, 0.25) is 0 Å². The Balaban J connectivity index is 1.73. The van der Waals surface area contributed by atoms with Crippen molar-refractivity contribution >= 4 is 6.08 Å². The number of benzene rings is 1. The summed E-state index contributed by atoms with van der Waals surface area (Å²) in [5.41, 5.74) is 1.27. The van der Waals surface area contributed by atoms with E-state index in [4.69, 9.17) is 0 Å². The molecule has 0 atom stereocenters. The van der Waals surface area contributed by atoms with Gasteiger partial charge in [-0.3, -0.25) is 0 Å². The van der Waals surface area contributed by atoms with Crippen LogP contribution in [0.15, 0.2) is 30.3 Å². The van der Waals surface area contributed by atoms with E-state index in [0.29, 0.717) is 0 Å². The minimum Gasteiger partial charge on any atom is -0.0839 e. The molecule has 0 spiro atoms. The molecule has 1 radical (unpaired) electrons. The van der Waals surface area contributed by atoms with Crippen molar-refractivity contribution in [2.24, 2.45) is 0 Å². The molecule has 0 bridgehead atoms. The normalized spacial score (nSPS) is 11.4. The van der Waals surface area contributed by atoms with Gasteiger partial charge in [-0.25, -0.2) is 0 Å². The van der Waals surface area contributed by atoms with Crippen LogP contribution in [0.4, 0.5) is 0 Å². The predicted molar refractivity (Wildman–Crippen MR) is 118 cm³/mol. The molecule has 0 saturated carbocycles. The summed E-state index contributed by atoms with van der Waals surface area (Å²) in [4.78, 5) is 0. The highest BCUT2D eigenvalue weighted by Crippen LogP contribution is 2.14. The molecule has 0 heterocycles. The zero-order valence-corrected chi connectivity index (χ0v) is 17.5. The van der Waals surface area contributed by atoms with E-state index in [1.54, 1.807) is 0 Å². The van der Waals surface area contributed by atoms with E-state index >= 15 is 0 Å². The van der Waals surface area contributed by atoms with E-state index in [2.05, 4.69) is 31.2 Å². The van der Waals surface area contributed by atoms with Gasteiger partial charge in [-0.15, -0.1) is 0 Å². The lowest BCUT2D eigenvalue weighted by molar-refractivity contribution is 0.530. The number of hydrogen-bond donors (Lipinski definition) is 0. The minimum atomic E-state index is 1.22. The lowest BCUT2D eigenvalue weighted by Gasteiger charge is -2.03. The van der Waals surface area contributed by atoms with Crippen molar-refractivity contribution in [2.45, 2.75) is 116 Å². The molecule has 147 valence electrons. The number of rotatable bonds is 18. The van der Waals surface area contributed by atoms with Crippen molar-refractivity contribution in [1.82, 2.24) is 0 Å². The van der Waals surface area contributed by atoms with Crippen LogP contribution >= 0.6 is 0 Å². The van der Waals surface area contributed by atoms with Crippen LogP contribution in [-0.4, -0.2) is 0 Å². The van der Waals surface area contributed by atoms with Gasteiger partial charge in [-0.2, -0.15) is 0 Å². The summed E-state index contributed by atoms with van der Waals surface area (Å²) < 4.78 is 0. The Hall–Kier alpha value is -1.04. The maximum atomic E-state index is 3.12. The summed E-state index contributed by atoms with van der Waals surface area (Å²) in [7, 11) is 0. The molecule has 0 fully saturated rings. The third-order valence-electron chi connectivity index (χ3n) is 5.27. The van der Waals surface area contributed by atoms with Crippen molar-refractivity contribution in [1.29, 1.82) is 0 Å². The van der Waals surface area contributed by atoms with Crippen molar-refractivity contribution in [2.75, 3.05) is 0 Å². The minimum absolute atomic E-state index is 1.22. The van der Waals surface area contributed by atoms with Crippen molar-refractivity contribution in [3.05, 3.63) is 42.0 Å². The Bertz CT molecular complexity index is 403. The van der Waals surface area contributed by atoms with Gasteiger partial charge in [0.1, 0.15) is 0 Å². The van der Waals surface area contributed by atoms with E-state index in [-0.39, 0.29) is 0 Å². The third-order valence-corrected chi connectivity index (χ3v) is 5.27. The van der Waals surface area contributed by atoms with Crippen LogP contribution in [0.5, 0.6) is 0 Å². The first-order chi connectivity index (χ1) is 12.9. The molecule has 26 heavy (non-hydrogen) atoms. The quantitative estimate of drug-likeness (QED) is 0.230. The average Bonchev–Trinajstić information content (AvgIpc) is 2.68. The molecule has 0 amide bonds. The van der Waals surface area contributed by atoms with Gasteiger partial charge in [-0.05, 0) is 30.5 Å². The Morgan fingerprint density at radius 1 is 0.692 bits per heavy atom. The summed E-state index contributed by atoms with van der Waals surface area (Å²) in [6.07, 6.45) is 28.8. The van der Waals surface area contributed by atoms with E-state index < -0.39 is 0 Å². The molecule has 0 aliphatic rings. The van der Waals surface area contributed by atoms with Crippen molar-refractivity contribution < 1.29 is 0 Å². The fraction of sp³-hybridized carbons (Fsp3) is 0.692. The summed E-state index contributed by atoms with van der Waals surface area (Å²) in [5, 5.41) is 0. The zero-order chi connectivity index (χ0) is 18.5. The molecule has 0 aliphatic heterocycles. The molecule has 0 unspecified atom stereocenters. The van der Waals surface area contributed by atoms with Gasteiger partial charge in [0, 0.05) is 0 Å². The van der Waals surface area contributed by atoms with Crippen LogP contribution in [0.1, 0.15) is 122 Å². The van der Waals surface area contributed by atoms with Crippen molar-refractivity contribution in [3.63, 3.8) is 0 Å². The molecular formula is C26H43. The third kappa shape index (κ3) is 15.2. The van der Waals surface area contributed by atoms with Gasteiger partial charge in [-0.1, -0.05) is 134 Å². The van der Waals surface area contributed by atoms with Gasteiger partial charge in [0.05, 0.1) is 0 Å². The topological polar surface area (TPSA) is 0 Å². The van der Waals surface area contributed by atoms with Crippen LogP contribution in [-0.2, 0) is 0 Å². The number of allylic oxidation sites excluding steroid dienone is 1. The molecule has 0 nitrogen and oxygen atoms in total. The Kier molecular flexibility index (Phi) is 16.6. The second-order valence-electron chi connectivity index (χ2n) is 7.83. The average molecular weight is 356 g/mol. The van der Waals surface area contributed by atoms with Crippen LogP contribution in [0.25, 0.3) is 6.08 Å². The van der Waals surface area contributed by atoms with Gasteiger partial charge in [0.25, 0.3) is 0 Å². The van der Waals surface area contributed by atoms with Crippen LogP contribution < -0.4 is 0 Å². The molecule has 1 aromatic carbocycles. The predicted octanol–water partition coefficient (Wildman–Crippen LogP) is 9.15. The second-order valence-corrected chi connectivity index (χ2v) is 7.83. The first-order valence-corrected chi connectivity index (χ1v) is 11.6. The Morgan fingerprint density at radius 2 is 1.19 bits per heavy atom. The number of hydrogen-bond acceptors (Lipinski definition) is 0. The largest absolute Gasteiger partial charge is 0.0839 e. The van der Waals surface area contributed by atoms with E-state index in [0.717, 1.165) is 0 Å². The van der Waals surface area contributed by atoms with Gasteiger partial charge in [0.15, 0.2) is 0 Å². The second kappa shape index (κ2) is 18.7. The lowest BCUT2D eigenvalue weighted by atomic mass is 10.0. The molecule has 0 heteroatoms. The van der Waals surface area contributed by atoms with Crippen LogP contribution in [0, 0.1) is 6.07 Å². The molecule has 0 aromatic heterocycles. The molecular weight excluding hydrogens is 312 g/mol. The van der Waals surface area contributed by atoms with E-state index in [1.165, 1.54) is 115 Å². The summed E-state index contributed by atoms with van der Waals surface area (Å²) >= 11 is 0. The van der Waals surface area contributed by atoms with Gasteiger partial charge >= 0.3 is 0 Å². The van der Waals surface area contributed by atoms with E-state index in [9.17, 15) is 0 Å². The zero-order valence-electron chi connectivity index (χ0n) is 17.5. The highest BCUT2D eigenvalue weighted by atomic mass is 14.0. The lowest BCUT2D eigenvalue weighted by Crippen LogP contribution is -1.83. The first kappa shape index (κ1) is 23.0. The molecule has 0 aliphatic carbocycles. The Morgan fingerprint density at radius 3 is 1.65 bits per heavy atom. The number of unbranched alkanes of at least 4 members (excludes halogenated alkanes) is 16. The SMILES string of the molecule is CCCCCCCCCCCCCCCCCCC=Cc1c[c]ccc1. The fourth-order valence-corrected chi connectivity index (χ4v) is 3.54. The fourth-order valence-electron chi connectivity index (χ4n) is 3.54. The van der Waals surface area contributed by atoms with Crippen molar-refractivity contribution in [3.8, 4) is 0 Å². The highest BCUT2D eigenvalue weighted by molar-refractivity contribution is 5.48. The summed E-state index contributed by atoms with van der Waals surface area (Å²) in [5.74, 6) is 0. The van der Waals surface area contributed by atoms with E-state index in [1.807, 2.05) is 18.2 Å². The highest BCUT2D eigenvalue weighted by Gasteiger charge is 1.94. The molecule has 1 rings (SSSR count). The van der Waals surface area contributed by atoms with Crippen LogP contribution in [0.2, 0.25) is 0 Å². The smallest absolute Gasteiger partial charge is 0.0178 e. The maximum Gasteiger partial charge on any atom is -0.0178 e. The van der Waals surface area contributed by atoms with Gasteiger partial charge < -0.3 is 0 Å².